The van der Waals surface area contributed by atoms with Gasteiger partial charge in [-0.05, 0) is 69.2 Å². The summed E-state index contributed by atoms with van der Waals surface area (Å²) in [6.45, 7) is 0. The second kappa shape index (κ2) is 14.1. The van der Waals surface area contributed by atoms with Crippen LogP contribution in [-0.4, -0.2) is 11.7 Å². The number of nitrogens with one attached hydrogen (secondary N) is 1. The highest BCUT2D eigenvalue weighted by Crippen LogP contribution is 2.45. The summed E-state index contributed by atoms with van der Waals surface area (Å²) >= 11 is 0. The fourth-order valence-electron chi connectivity index (χ4n) is 8.30. The van der Waals surface area contributed by atoms with E-state index in [-0.39, 0.29) is 6.17 Å². The highest BCUT2D eigenvalue weighted by Gasteiger charge is 2.26. The highest BCUT2D eigenvalue weighted by molar-refractivity contribution is 6.26. The molecule has 0 saturated carbocycles. The minimum absolute atomic E-state index is 0.355. The van der Waals surface area contributed by atoms with Gasteiger partial charge in [0.15, 0.2) is 5.84 Å². The number of hydrogen-bond acceptors (Lipinski definition) is 5. The van der Waals surface area contributed by atoms with Gasteiger partial charge in [0.1, 0.15) is 23.2 Å². The third kappa shape index (κ3) is 5.89. The number of nitrogens with zero attached hydrogens (tertiary/aromatic N) is 3. The molecule has 1 unspecified atom stereocenters. The third-order valence-electron chi connectivity index (χ3n) is 11.1. The molecule has 5 heteroatoms. The Bertz CT molecular complexity index is 3190. The normalized spacial score (nSPS) is 14.0. The number of para-hydroxylation sites is 2. The minimum atomic E-state index is -0.355. The average molecular weight is 745 g/mol. The third-order valence-corrected chi connectivity index (χ3v) is 11.1. The SMILES string of the molecule is c1ccc(C2=NC(c3ccc4ccccc4c3)NC(c3cccc4c3oc3cc(N(c5ccccc5)c5ccc(-c6ccccc6)cc5)c5ccccc5c34)=N2)cc1. The van der Waals surface area contributed by atoms with E-state index in [0.29, 0.717) is 11.7 Å². The topological polar surface area (TPSA) is 53.1 Å². The van der Waals surface area contributed by atoms with Crippen LogP contribution in [0.3, 0.4) is 0 Å². The number of benzene rings is 9. The lowest BCUT2D eigenvalue weighted by Crippen LogP contribution is -2.33. The lowest BCUT2D eigenvalue weighted by atomic mass is 9.99. The molecule has 0 amide bonds. The molecule has 0 spiro atoms. The van der Waals surface area contributed by atoms with E-state index in [1.54, 1.807) is 0 Å². The Hall–Kier alpha value is -7.76. The van der Waals surface area contributed by atoms with Crippen molar-refractivity contribution < 1.29 is 4.42 Å². The lowest BCUT2D eigenvalue weighted by molar-refractivity contribution is 0.660. The first-order valence-electron chi connectivity index (χ1n) is 19.6. The Morgan fingerprint density at radius 1 is 0.483 bits per heavy atom. The Kier molecular flexibility index (Phi) is 8.14. The van der Waals surface area contributed by atoms with Gasteiger partial charge in [0.25, 0.3) is 0 Å². The molecule has 11 rings (SSSR count). The maximum absolute atomic E-state index is 7.04. The zero-order valence-corrected chi connectivity index (χ0v) is 31.5. The van der Waals surface area contributed by atoms with Crippen LogP contribution >= 0.6 is 0 Å². The van der Waals surface area contributed by atoms with Crippen molar-refractivity contribution in [1.82, 2.24) is 5.32 Å². The van der Waals surface area contributed by atoms with E-state index >= 15 is 0 Å². The van der Waals surface area contributed by atoms with Gasteiger partial charge in [0, 0.05) is 39.2 Å². The van der Waals surface area contributed by atoms with E-state index in [1.807, 2.05) is 18.2 Å². The molecule has 2 heterocycles. The summed E-state index contributed by atoms with van der Waals surface area (Å²) in [6, 6.07) is 72.2. The average Bonchev–Trinajstić information content (AvgIpc) is 3.69. The summed E-state index contributed by atoms with van der Waals surface area (Å²) in [5.74, 6) is 1.38. The van der Waals surface area contributed by atoms with Crippen molar-refractivity contribution >= 4 is 72.2 Å². The zero-order chi connectivity index (χ0) is 38.4. The quantitative estimate of drug-likeness (QED) is 0.177. The lowest BCUT2D eigenvalue weighted by Gasteiger charge is -2.27. The van der Waals surface area contributed by atoms with E-state index < -0.39 is 0 Å². The van der Waals surface area contributed by atoms with Crippen molar-refractivity contribution in [3.05, 3.63) is 223 Å². The largest absolute Gasteiger partial charge is 0.455 e. The van der Waals surface area contributed by atoms with E-state index in [4.69, 9.17) is 14.4 Å². The van der Waals surface area contributed by atoms with Crippen molar-refractivity contribution in [2.75, 3.05) is 4.90 Å². The van der Waals surface area contributed by atoms with Crippen LogP contribution in [-0.2, 0) is 0 Å². The molecule has 274 valence electrons. The molecule has 0 aliphatic carbocycles. The second-order valence-corrected chi connectivity index (χ2v) is 14.6. The summed E-state index contributed by atoms with van der Waals surface area (Å²) in [7, 11) is 0. The maximum atomic E-state index is 7.04. The van der Waals surface area contributed by atoms with E-state index in [0.717, 1.165) is 66.5 Å². The van der Waals surface area contributed by atoms with Gasteiger partial charge >= 0.3 is 0 Å². The molecule has 0 fully saturated rings. The van der Waals surface area contributed by atoms with Crippen LogP contribution in [0.25, 0.3) is 54.6 Å². The molecule has 1 aromatic heterocycles. The van der Waals surface area contributed by atoms with Gasteiger partial charge in [-0.1, -0.05) is 164 Å². The van der Waals surface area contributed by atoms with Gasteiger partial charge in [-0.3, -0.25) is 0 Å². The molecular formula is C53H36N4O. The molecule has 9 aromatic carbocycles. The van der Waals surface area contributed by atoms with Crippen LogP contribution in [0.5, 0.6) is 0 Å². The van der Waals surface area contributed by atoms with Gasteiger partial charge in [0.2, 0.25) is 0 Å². The number of furan rings is 1. The van der Waals surface area contributed by atoms with Gasteiger partial charge in [-0.25, -0.2) is 9.98 Å². The van der Waals surface area contributed by atoms with Crippen LogP contribution in [0.1, 0.15) is 22.9 Å². The number of aliphatic imine (C=N–C) groups is 2. The first kappa shape index (κ1) is 33.6. The van der Waals surface area contributed by atoms with Crippen LogP contribution in [0, 0.1) is 0 Å². The Morgan fingerprint density at radius 2 is 1.10 bits per heavy atom. The predicted molar refractivity (Wildman–Crippen MR) is 241 cm³/mol. The molecule has 58 heavy (non-hydrogen) atoms. The zero-order valence-electron chi connectivity index (χ0n) is 31.5. The predicted octanol–water partition coefficient (Wildman–Crippen LogP) is 13.5. The minimum Gasteiger partial charge on any atom is -0.455 e. The highest BCUT2D eigenvalue weighted by atomic mass is 16.3. The molecule has 1 N–H and O–H groups in total. The van der Waals surface area contributed by atoms with E-state index in [1.165, 1.54) is 21.9 Å². The van der Waals surface area contributed by atoms with Gasteiger partial charge in [-0.15, -0.1) is 0 Å². The monoisotopic (exact) mass is 744 g/mol. The van der Waals surface area contributed by atoms with Crippen molar-refractivity contribution in [2.24, 2.45) is 9.98 Å². The van der Waals surface area contributed by atoms with Gasteiger partial charge in [-0.2, -0.15) is 0 Å². The fourth-order valence-corrected chi connectivity index (χ4v) is 8.30. The number of fused-ring (bicyclic) bond motifs is 6. The molecule has 0 bridgehead atoms. The van der Waals surface area contributed by atoms with Crippen LogP contribution < -0.4 is 10.2 Å². The number of anilines is 3. The number of rotatable bonds is 7. The van der Waals surface area contributed by atoms with Gasteiger partial charge < -0.3 is 14.6 Å². The summed E-state index contributed by atoms with van der Waals surface area (Å²) < 4.78 is 7.04. The smallest absolute Gasteiger partial charge is 0.159 e. The van der Waals surface area contributed by atoms with E-state index in [9.17, 15) is 0 Å². The van der Waals surface area contributed by atoms with Crippen molar-refractivity contribution in [2.45, 2.75) is 6.17 Å². The van der Waals surface area contributed by atoms with Crippen molar-refractivity contribution in [3.63, 3.8) is 0 Å². The Labute approximate surface area is 335 Å². The Morgan fingerprint density at radius 3 is 1.88 bits per heavy atom. The van der Waals surface area contributed by atoms with Crippen molar-refractivity contribution in [3.8, 4) is 11.1 Å². The molecule has 0 radical (unpaired) electrons. The first-order valence-corrected chi connectivity index (χ1v) is 19.6. The first-order chi connectivity index (χ1) is 28.7. The molecule has 1 aliphatic heterocycles. The standard InChI is InChI=1S/C53H36N4O/c1-4-15-35(16-5-1)37-29-31-42(32-30-37)57(41-21-8-3-9-22-41)47-34-48-49(44-24-13-12-23-43(44)47)45-25-14-26-46(50(45)58-48)53-55-51(38-18-6-2-7-19-38)54-52(56-53)40-28-27-36-17-10-11-20-39(36)33-40/h1-34,52H,(H,54,55,56). The van der Waals surface area contributed by atoms with Crippen molar-refractivity contribution in [1.29, 1.82) is 0 Å². The number of hydrogen-bond donors (Lipinski definition) is 1. The number of amidine groups is 2. The molecule has 1 aliphatic rings. The van der Waals surface area contributed by atoms with Crippen LogP contribution in [0.15, 0.2) is 221 Å². The second-order valence-electron chi connectivity index (χ2n) is 14.6. The summed E-state index contributed by atoms with van der Waals surface area (Å²) in [5.41, 5.74) is 9.98. The summed E-state index contributed by atoms with van der Waals surface area (Å²) in [5, 5.41) is 10.4. The molecule has 10 aromatic rings. The summed E-state index contributed by atoms with van der Waals surface area (Å²) in [4.78, 5) is 12.7. The van der Waals surface area contributed by atoms with Crippen LogP contribution in [0.2, 0.25) is 0 Å². The molecule has 1 atom stereocenters. The van der Waals surface area contributed by atoms with E-state index in [2.05, 4.69) is 198 Å². The fraction of sp³-hybridized carbons (Fsp3) is 0.0189. The molecule has 0 saturated heterocycles. The molecular weight excluding hydrogens is 709 g/mol. The maximum Gasteiger partial charge on any atom is 0.159 e. The van der Waals surface area contributed by atoms with Gasteiger partial charge in [0.05, 0.1) is 11.3 Å². The Balaban J connectivity index is 1.08. The van der Waals surface area contributed by atoms with Crippen LogP contribution in [0.4, 0.5) is 17.1 Å². The molecule has 5 nitrogen and oxygen atoms in total. The summed E-state index contributed by atoms with van der Waals surface area (Å²) in [6.07, 6.45) is -0.355.